The van der Waals surface area contributed by atoms with Crippen molar-refractivity contribution in [1.29, 1.82) is 0 Å². The van der Waals surface area contributed by atoms with Gasteiger partial charge in [0.05, 0.1) is 23.9 Å². The molecule has 165 valence electrons. The first-order chi connectivity index (χ1) is 14.6. The summed E-state index contributed by atoms with van der Waals surface area (Å²) in [4.78, 5) is 30.2. The lowest BCUT2D eigenvalue weighted by atomic mass is 9.97. The Morgan fingerprint density at radius 1 is 1.23 bits per heavy atom. The molecule has 0 bridgehead atoms. The maximum absolute atomic E-state index is 12.5. The van der Waals surface area contributed by atoms with E-state index in [2.05, 4.69) is 20.5 Å². The Morgan fingerprint density at radius 3 is 2.65 bits per heavy atom. The number of fused-ring (bicyclic) bond motifs is 1. The molecule has 31 heavy (non-hydrogen) atoms. The van der Waals surface area contributed by atoms with Crippen molar-refractivity contribution < 1.29 is 14.3 Å². The quantitative estimate of drug-likeness (QED) is 0.735. The number of carbonyl (C=O) groups is 2. The highest BCUT2D eigenvalue weighted by Crippen LogP contribution is 2.29. The highest BCUT2D eigenvalue weighted by Gasteiger charge is 2.30. The molecule has 3 rings (SSSR count). The molecule has 3 amide bonds. The zero-order valence-electron chi connectivity index (χ0n) is 18.5. The number of urea groups is 1. The lowest BCUT2D eigenvalue weighted by Crippen LogP contribution is -2.45. The van der Waals surface area contributed by atoms with E-state index in [1.165, 1.54) is 0 Å². The van der Waals surface area contributed by atoms with Gasteiger partial charge in [0.2, 0.25) is 5.91 Å². The van der Waals surface area contributed by atoms with Crippen molar-refractivity contribution in [2.45, 2.75) is 58.9 Å². The Balaban J connectivity index is 1.71. The van der Waals surface area contributed by atoms with Crippen LogP contribution in [0.3, 0.4) is 0 Å². The van der Waals surface area contributed by atoms with E-state index in [0.29, 0.717) is 25.2 Å². The van der Waals surface area contributed by atoms with Gasteiger partial charge in [0, 0.05) is 24.5 Å². The van der Waals surface area contributed by atoms with Gasteiger partial charge in [-0.3, -0.25) is 20.4 Å². The lowest BCUT2D eigenvalue weighted by molar-refractivity contribution is -0.150. The zero-order chi connectivity index (χ0) is 22.6. The molecule has 0 saturated carbocycles. The number of anilines is 2. The van der Waals surface area contributed by atoms with Crippen LogP contribution < -0.4 is 16.4 Å². The largest absolute Gasteiger partial charge is 0.357 e. The number of hydrogen-bond acceptors (Lipinski definition) is 5. The molecule has 1 atom stereocenters. The molecule has 2 heterocycles. The third-order valence-corrected chi connectivity index (χ3v) is 4.97. The molecule has 0 aliphatic carbocycles. The average Bonchev–Trinajstić information content (AvgIpc) is 2.67. The molecular formula is C23H30N5O3. The van der Waals surface area contributed by atoms with E-state index < -0.39 is 17.7 Å². The first kappa shape index (κ1) is 22.7. The fraction of sp³-hybridized carbons (Fsp3) is 0.435. The van der Waals surface area contributed by atoms with E-state index >= 15 is 0 Å². The number of nitrogens with zero attached hydrogens (tertiary/aromatic N) is 2. The number of carbonyl (C=O) groups excluding carboxylic acids is 2. The van der Waals surface area contributed by atoms with Gasteiger partial charge in [0.25, 0.3) is 0 Å². The second kappa shape index (κ2) is 9.45. The zero-order valence-corrected chi connectivity index (χ0v) is 18.5. The molecule has 1 unspecified atom stereocenters. The summed E-state index contributed by atoms with van der Waals surface area (Å²) < 4.78 is 6.07. The highest BCUT2D eigenvalue weighted by atomic mass is 16.5. The van der Waals surface area contributed by atoms with Crippen LogP contribution in [-0.4, -0.2) is 40.2 Å². The van der Waals surface area contributed by atoms with Crippen molar-refractivity contribution in [3.63, 3.8) is 0 Å². The summed E-state index contributed by atoms with van der Waals surface area (Å²) in [5, 5.41) is 5.73. The van der Waals surface area contributed by atoms with Gasteiger partial charge in [0.15, 0.2) is 0 Å². The fourth-order valence-corrected chi connectivity index (χ4v) is 3.63. The van der Waals surface area contributed by atoms with Crippen molar-refractivity contribution in [3.05, 3.63) is 53.3 Å². The van der Waals surface area contributed by atoms with E-state index in [-0.39, 0.29) is 12.5 Å². The highest BCUT2D eigenvalue weighted by molar-refractivity contribution is 6.00. The van der Waals surface area contributed by atoms with Crippen LogP contribution in [0.15, 0.2) is 36.5 Å². The van der Waals surface area contributed by atoms with Gasteiger partial charge >= 0.3 is 6.03 Å². The Morgan fingerprint density at radius 2 is 2.00 bits per heavy atom. The number of hydrogen-bond donors (Lipinski definition) is 2. The number of benzene rings is 1. The van der Waals surface area contributed by atoms with Crippen LogP contribution in [0, 0.1) is 6.92 Å². The van der Waals surface area contributed by atoms with E-state index in [0.717, 1.165) is 22.5 Å². The van der Waals surface area contributed by atoms with E-state index in [1.807, 2.05) is 58.0 Å². The monoisotopic (exact) mass is 424 g/mol. The van der Waals surface area contributed by atoms with Gasteiger partial charge < -0.3 is 15.4 Å². The summed E-state index contributed by atoms with van der Waals surface area (Å²) in [6.45, 7) is 8.97. The number of amides is 3. The van der Waals surface area contributed by atoms with Crippen molar-refractivity contribution in [1.82, 2.24) is 15.6 Å². The van der Waals surface area contributed by atoms with Gasteiger partial charge in [0.1, 0.15) is 6.23 Å². The van der Waals surface area contributed by atoms with Crippen LogP contribution in [0.25, 0.3) is 0 Å². The molecule has 0 spiro atoms. The van der Waals surface area contributed by atoms with Crippen molar-refractivity contribution in [2.75, 3.05) is 17.2 Å². The lowest BCUT2D eigenvalue weighted by Gasteiger charge is -2.38. The molecule has 2 aromatic rings. The minimum Gasteiger partial charge on any atom is -0.357 e. The Kier molecular flexibility index (Phi) is 6.92. The van der Waals surface area contributed by atoms with Gasteiger partial charge in [-0.2, -0.15) is 0 Å². The standard InChI is InChI=1S/C23H30N5O3/c1-15-8-9-17(13-25-15)26-22(30)27-19-7-5-6-16-14-28(11-10-18(16)19)21(12-20(24)29)31-23(2,3)4/h5-9,13,21,24H,10-12,14H2,1-4H3,(H2,26,27,30). The number of nitrogens with one attached hydrogen (secondary N) is 3. The van der Waals surface area contributed by atoms with Crippen molar-refractivity contribution in [2.24, 2.45) is 0 Å². The number of aromatic nitrogens is 1. The fourth-order valence-electron chi connectivity index (χ4n) is 3.63. The molecule has 8 nitrogen and oxygen atoms in total. The maximum atomic E-state index is 12.5. The molecule has 1 radical (unpaired) electrons. The van der Waals surface area contributed by atoms with Gasteiger partial charge in [-0.25, -0.2) is 4.79 Å². The second-order valence-electron chi connectivity index (χ2n) is 8.74. The summed E-state index contributed by atoms with van der Waals surface area (Å²) in [5.74, 6) is -0.641. The Bertz CT molecular complexity index is 937. The third kappa shape index (κ3) is 6.50. The van der Waals surface area contributed by atoms with Crippen molar-refractivity contribution in [3.8, 4) is 0 Å². The maximum Gasteiger partial charge on any atom is 0.323 e. The van der Waals surface area contributed by atoms with E-state index in [9.17, 15) is 9.59 Å². The van der Waals surface area contributed by atoms with Crippen LogP contribution >= 0.6 is 0 Å². The summed E-state index contributed by atoms with van der Waals surface area (Å²) in [6.07, 6.45) is 1.90. The number of aryl methyl sites for hydroxylation is 1. The van der Waals surface area contributed by atoms with Gasteiger partial charge in [-0.05, 0) is 63.4 Å². The van der Waals surface area contributed by atoms with Gasteiger partial charge in [-0.15, -0.1) is 0 Å². The van der Waals surface area contributed by atoms with Crippen LogP contribution in [-0.2, 0) is 22.5 Å². The average molecular weight is 425 g/mol. The van der Waals surface area contributed by atoms with Crippen molar-refractivity contribution >= 4 is 23.3 Å². The molecule has 3 N–H and O–H groups in total. The Hall–Kier alpha value is -2.97. The first-order valence-electron chi connectivity index (χ1n) is 10.4. The minimum atomic E-state index is -0.641. The summed E-state index contributed by atoms with van der Waals surface area (Å²) >= 11 is 0. The molecule has 8 heteroatoms. The smallest absolute Gasteiger partial charge is 0.323 e. The number of pyridine rings is 1. The Labute approximate surface area is 183 Å². The predicted octanol–water partition coefficient (Wildman–Crippen LogP) is 3.73. The SMILES string of the molecule is Cc1ccc(NC(=O)Nc2cccc3c2CCN(C(CC([NH])=O)OC(C)(C)C)C3)cn1. The molecule has 0 fully saturated rings. The van der Waals surface area contributed by atoms with Crippen LogP contribution in [0.1, 0.15) is 44.0 Å². The van der Waals surface area contributed by atoms with Gasteiger partial charge in [-0.1, -0.05) is 12.1 Å². The first-order valence-corrected chi connectivity index (χ1v) is 10.4. The summed E-state index contributed by atoms with van der Waals surface area (Å²) in [5.41, 5.74) is 11.4. The molecule has 1 aliphatic rings. The normalized spacial score (nSPS) is 15.1. The molecular weight excluding hydrogens is 394 g/mol. The summed E-state index contributed by atoms with van der Waals surface area (Å²) in [7, 11) is 0. The predicted molar refractivity (Wildman–Crippen MR) is 120 cm³/mol. The van der Waals surface area contributed by atoms with E-state index in [4.69, 9.17) is 10.5 Å². The summed E-state index contributed by atoms with van der Waals surface area (Å²) in [6, 6.07) is 9.13. The molecule has 1 aliphatic heterocycles. The third-order valence-electron chi connectivity index (χ3n) is 4.97. The van der Waals surface area contributed by atoms with Crippen LogP contribution in [0.4, 0.5) is 16.2 Å². The second-order valence-corrected chi connectivity index (χ2v) is 8.74. The van der Waals surface area contributed by atoms with E-state index in [1.54, 1.807) is 6.20 Å². The number of ether oxygens (including phenoxy) is 1. The van der Waals surface area contributed by atoms with Crippen LogP contribution in [0.5, 0.6) is 0 Å². The molecule has 1 aromatic carbocycles. The molecule has 1 aromatic heterocycles. The minimum absolute atomic E-state index is 0.0253. The van der Waals surface area contributed by atoms with Crippen LogP contribution in [0.2, 0.25) is 0 Å². The topological polar surface area (TPSA) is 107 Å². The molecule has 0 saturated heterocycles. The number of rotatable bonds is 6.